The van der Waals surface area contributed by atoms with Gasteiger partial charge in [0.1, 0.15) is 11.2 Å². The standard InChI is InChI=1S/C19H23NO/c1-4-13(5-2)19(20-3)14-10-11-18-16(12-14)15-8-6-7-9-17(15)21-18/h6-13,19-20H,4-5H2,1-3H3. The van der Waals surface area contributed by atoms with Gasteiger partial charge in [-0.3, -0.25) is 0 Å². The summed E-state index contributed by atoms with van der Waals surface area (Å²) in [6, 6.07) is 15.3. The van der Waals surface area contributed by atoms with Gasteiger partial charge >= 0.3 is 0 Å². The van der Waals surface area contributed by atoms with Crippen molar-refractivity contribution < 1.29 is 4.42 Å². The highest BCUT2D eigenvalue weighted by atomic mass is 16.3. The molecule has 0 saturated heterocycles. The molecule has 1 atom stereocenters. The molecule has 0 radical (unpaired) electrons. The molecule has 0 fully saturated rings. The molecule has 110 valence electrons. The molecule has 2 aromatic carbocycles. The summed E-state index contributed by atoms with van der Waals surface area (Å²) in [6.07, 6.45) is 2.37. The van der Waals surface area contributed by atoms with Crippen LogP contribution in [-0.4, -0.2) is 7.05 Å². The molecule has 0 aliphatic carbocycles. The van der Waals surface area contributed by atoms with E-state index in [1.807, 2.05) is 12.1 Å². The fraction of sp³-hybridized carbons (Fsp3) is 0.368. The van der Waals surface area contributed by atoms with E-state index in [-0.39, 0.29) is 0 Å². The van der Waals surface area contributed by atoms with Crippen LogP contribution in [-0.2, 0) is 0 Å². The van der Waals surface area contributed by atoms with Crippen molar-refractivity contribution in [2.75, 3.05) is 7.05 Å². The van der Waals surface area contributed by atoms with E-state index in [0.717, 1.165) is 11.2 Å². The molecule has 0 bridgehead atoms. The van der Waals surface area contributed by atoms with Gasteiger partial charge in [0.2, 0.25) is 0 Å². The zero-order valence-electron chi connectivity index (χ0n) is 13.0. The molecule has 0 aliphatic heterocycles. The van der Waals surface area contributed by atoms with Crippen LogP contribution >= 0.6 is 0 Å². The molecular formula is C19H23NO. The van der Waals surface area contributed by atoms with E-state index in [9.17, 15) is 0 Å². The van der Waals surface area contributed by atoms with Gasteiger partial charge in [0.15, 0.2) is 0 Å². The molecule has 0 saturated carbocycles. The number of rotatable bonds is 5. The summed E-state index contributed by atoms with van der Waals surface area (Å²) in [7, 11) is 2.06. The van der Waals surface area contributed by atoms with Crippen LogP contribution in [0.2, 0.25) is 0 Å². The van der Waals surface area contributed by atoms with Gasteiger partial charge in [-0.2, -0.15) is 0 Å². The number of nitrogens with one attached hydrogen (secondary N) is 1. The van der Waals surface area contributed by atoms with Crippen LogP contribution in [0.15, 0.2) is 46.9 Å². The molecule has 0 spiro atoms. The molecule has 1 N–H and O–H groups in total. The Balaban J connectivity index is 2.12. The van der Waals surface area contributed by atoms with Gasteiger partial charge in [-0.05, 0) is 36.7 Å². The maximum Gasteiger partial charge on any atom is 0.135 e. The van der Waals surface area contributed by atoms with Crippen LogP contribution in [0.3, 0.4) is 0 Å². The van der Waals surface area contributed by atoms with Crippen molar-refractivity contribution in [3.63, 3.8) is 0 Å². The third kappa shape index (κ3) is 2.44. The van der Waals surface area contributed by atoms with Crippen LogP contribution < -0.4 is 5.32 Å². The Morgan fingerprint density at radius 3 is 2.38 bits per heavy atom. The molecule has 21 heavy (non-hydrogen) atoms. The summed E-state index contributed by atoms with van der Waals surface area (Å²) in [5.74, 6) is 0.658. The SMILES string of the molecule is CCC(CC)C(NC)c1ccc2oc3ccccc3c2c1. The molecular weight excluding hydrogens is 258 g/mol. The minimum Gasteiger partial charge on any atom is -0.456 e. The molecule has 1 heterocycles. The number of hydrogen-bond acceptors (Lipinski definition) is 2. The van der Waals surface area contributed by atoms with Gasteiger partial charge in [0.25, 0.3) is 0 Å². The molecule has 2 nitrogen and oxygen atoms in total. The Morgan fingerprint density at radius 1 is 0.952 bits per heavy atom. The van der Waals surface area contributed by atoms with E-state index in [4.69, 9.17) is 4.42 Å². The first-order valence-corrected chi connectivity index (χ1v) is 7.87. The quantitative estimate of drug-likeness (QED) is 0.688. The van der Waals surface area contributed by atoms with Gasteiger partial charge in [0, 0.05) is 16.8 Å². The summed E-state index contributed by atoms with van der Waals surface area (Å²) in [6.45, 7) is 4.54. The highest BCUT2D eigenvalue weighted by molar-refractivity contribution is 6.05. The lowest BCUT2D eigenvalue weighted by Gasteiger charge is -2.25. The van der Waals surface area contributed by atoms with E-state index in [1.54, 1.807) is 0 Å². The largest absolute Gasteiger partial charge is 0.456 e. The maximum atomic E-state index is 5.91. The Bertz CT molecular complexity index is 739. The summed E-state index contributed by atoms with van der Waals surface area (Å²) in [5, 5.41) is 5.91. The Hall–Kier alpha value is -1.80. The van der Waals surface area contributed by atoms with Crippen molar-refractivity contribution in [3.8, 4) is 0 Å². The fourth-order valence-electron chi connectivity index (χ4n) is 3.37. The van der Waals surface area contributed by atoms with Gasteiger partial charge in [-0.1, -0.05) is 51.0 Å². The molecule has 0 amide bonds. The van der Waals surface area contributed by atoms with E-state index in [0.29, 0.717) is 12.0 Å². The van der Waals surface area contributed by atoms with Crippen molar-refractivity contribution in [3.05, 3.63) is 48.0 Å². The van der Waals surface area contributed by atoms with Gasteiger partial charge < -0.3 is 9.73 Å². The highest BCUT2D eigenvalue weighted by Gasteiger charge is 2.19. The second-order valence-corrected chi connectivity index (χ2v) is 5.70. The number of benzene rings is 2. The first kappa shape index (κ1) is 14.2. The smallest absolute Gasteiger partial charge is 0.135 e. The third-order valence-corrected chi connectivity index (χ3v) is 4.59. The number of hydrogen-bond donors (Lipinski definition) is 1. The number of furan rings is 1. The van der Waals surface area contributed by atoms with Crippen molar-refractivity contribution >= 4 is 21.9 Å². The Kier molecular flexibility index (Phi) is 3.98. The van der Waals surface area contributed by atoms with Crippen molar-refractivity contribution in [2.45, 2.75) is 32.7 Å². The normalized spacial score (nSPS) is 13.3. The van der Waals surface area contributed by atoms with E-state index in [2.05, 4.69) is 56.5 Å². The van der Waals surface area contributed by atoms with E-state index < -0.39 is 0 Å². The van der Waals surface area contributed by atoms with Gasteiger partial charge in [-0.15, -0.1) is 0 Å². The molecule has 3 rings (SSSR count). The average Bonchev–Trinajstić information content (AvgIpc) is 2.90. The summed E-state index contributed by atoms with van der Waals surface area (Å²) >= 11 is 0. The monoisotopic (exact) mass is 281 g/mol. The topological polar surface area (TPSA) is 25.2 Å². The van der Waals surface area contributed by atoms with Gasteiger partial charge in [-0.25, -0.2) is 0 Å². The van der Waals surface area contributed by atoms with Crippen LogP contribution in [0, 0.1) is 5.92 Å². The zero-order chi connectivity index (χ0) is 14.8. The first-order valence-electron chi connectivity index (χ1n) is 7.87. The molecule has 0 aliphatic rings. The summed E-state index contributed by atoms with van der Waals surface area (Å²) in [4.78, 5) is 0. The van der Waals surface area contributed by atoms with Crippen LogP contribution in [0.5, 0.6) is 0 Å². The molecule has 1 aromatic heterocycles. The van der Waals surface area contributed by atoms with Crippen LogP contribution in [0.25, 0.3) is 21.9 Å². The Morgan fingerprint density at radius 2 is 1.67 bits per heavy atom. The second kappa shape index (κ2) is 5.90. The molecule has 3 aromatic rings. The van der Waals surface area contributed by atoms with Crippen LogP contribution in [0.4, 0.5) is 0 Å². The van der Waals surface area contributed by atoms with Crippen molar-refractivity contribution in [1.29, 1.82) is 0 Å². The van der Waals surface area contributed by atoms with Gasteiger partial charge in [0.05, 0.1) is 0 Å². The second-order valence-electron chi connectivity index (χ2n) is 5.70. The summed E-state index contributed by atoms with van der Waals surface area (Å²) in [5.41, 5.74) is 3.29. The minimum atomic E-state index is 0.401. The lowest BCUT2D eigenvalue weighted by Crippen LogP contribution is -2.24. The zero-order valence-corrected chi connectivity index (χ0v) is 13.0. The fourth-order valence-corrected chi connectivity index (χ4v) is 3.37. The number of fused-ring (bicyclic) bond motifs is 3. The lowest BCUT2D eigenvalue weighted by molar-refractivity contribution is 0.360. The lowest BCUT2D eigenvalue weighted by atomic mass is 9.88. The minimum absolute atomic E-state index is 0.401. The van der Waals surface area contributed by atoms with Crippen molar-refractivity contribution in [2.24, 2.45) is 5.92 Å². The van der Waals surface area contributed by atoms with Crippen LogP contribution in [0.1, 0.15) is 38.3 Å². The van der Waals surface area contributed by atoms with Crippen molar-refractivity contribution in [1.82, 2.24) is 5.32 Å². The number of para-hydroxylation sites is 1. The Labute approximate surface area is 126 Å². The first-order chi connectivity index (χ1) is 10.3. The summed E-state index contributed by atoms with van der Waals surface area (Å²) < 4.78 is 5.91. The predicted octanol–water partition coefficient (Wildman–Crippen LogP) is 5.28. The highest BCUT2D eigenvalue weighted by Crippen LogP contribution is 2.33. The third-order valence-electron chi connectivity index (χ3n) is 4.59. The molecule has 2 heteroatoms. The van der Waals surface area contributed by atoms with E-state index in [1.165, 1.54) is 29.2 Å². The maximum absolute atomic E-state index is 5.91. The average molecular weight is 281 g/mol. The predicted molar refractivity (Wildman–Crippen MR) is 89.6 cm³/mol. The molecule has 1 unspecified atom stereocenters. The van der Waals surface area contributed by atoms with E-state index >= 15 is 0 Å².